The van der Waals surface area contributed by atoms with Crippen molar-refractivity contribution in [1.29, 1.82) is 0 Å². The zero-order valence-corrected chi connectivity index (χ0v) is 10.3. The van der Waals surface area contributed by atoms with Crippen LogP contribution in [0, 0.1) is 0 Å². The lowest BCUT2D eigenvalue weighted by atomic mass is 10.1. The van der Waals surface area contributed by atoms with Crippen molar-refractivity contribution in [3.8, 4) is 0 Å². The Hall–Kier alpha value is -0.570. The van der Waals surface area contributed by atoms with Crippen molar-refractivity contribution in [3.63, 3.8) is 0 Å². The summed E-state index contributed by atoms with van der Waals surface area (Å²) < 4.78 is 0. The second kappa shape index (κ2) is 6.11. The SMILES string of the molecule is CC(=O)NCCN(C(C)C)C1CCCC1. The van der Waals surface area contributed by atoms with Gasteiger partial charge in [-0.2, -0.15) is 0 Å². The lowest BCUT2D eigenvalue weighted by Gasteiger charge is -2.32. The van der Waals surface area contributed by atoms with Gasteiger partial charge in [-0.3, -0.25) is 9.69 Å². The molecule has 0 aromatic carbocycles. The molecule has 0 heterocycles. The first-order valence-electron chi connectivity index (χ1n) is 6.11. The minimum atomic E-state index is 0.0742. The summed E-state index contributed by atoms with van der Waals surface area (Å²) in [6.45, 7) is 7.83. The Morgan fingerprint density at radius 3 is 2.47 bits per heavy atom. The van der Waals surface area contributed by atoms with Crippen LogP contribution in [0.4, 0.5) is 0 Å². The lowest BCUT2D eigenvalue weighted by Crippen LogP contribution is -2.43. The Morgan fingerprint density at radius 1 is 1.40 bits per heavy atom. The Morgan fingerprint density at radius 2 is 2.00 bits per heavy atom. The predicted molar refractivity (Wildman–Crippen MR) is 62.8 cm³/mol. The third-order valence-corrected chi connectivity index (χ3v) is 3.20. The van der Waals surface area contributed by atoms with E-state index in [0.29, 0.717) is 6.04 Å². The van der Waals surface area contributed by atoms with Gasteiger partial charge in [-0.25, -0.2) is 0 Å². The molecule has 0 aromatic rings. The van der Waals surface area contributed by atoms with Gasteiger partial charge < -0.3 is 5.32 Å². The number of carbonyl (C=O) groups excluding carboxylic acids is 1. The molecule has 88 valence electrons. The summed E-state index contributed by atoms with van der Waals surface area (Å²) in [7, 11) is 0. The van der Waals surface area contributed by atoms with E-state index in [2.05, 4.69) is 24.1 Å². The fraction of sp³-hybridized carbons (Fsp3) is 0.917. The van der Waals surface area contributed by atoms with Gasteiger partial charge in [0.25, 0.3) is 0 Å². The number of hydrogen-bond acceptors (Lipinski definition) is 2. The molecule has 0 radical (unpaired) electrons. The summed E-state index contributed by atoms with van der Waals surface area (Å²) in [6, 6.07) is 1.33. The third-order valence-electron chi connectivity index (χ3n) is 3.20. The predicted octanol–water partition coefficient (Wildman–Crippen LogP) is 1.78. The molecule has 1 rings (SSSR count). The topological polar surface area (TPSA) is 32.3 Å². The summed E-state index contributed by atoms with van der Waals surface area (Å²) in [5, 5.41) is 2.87. The maximum atomic E-state index is 10.8. The molecule has 0 aromatic heterocycles. The van der Waals surface area contributed by atoms with E-state index in [1.807, 2.05) is 0 Å². The van der Waals surface area contributed by atoms with Crippen LogP contribution in [-0.2, 0) is 4.79 Å². The lowest BCUT2D eigenvalue weighted by molar-refractivity contribution is -0.119. The highest BCUT2D eigenvalue weighted by Crippen LogP contribution is 2.24. The van der Waals surface area contributed by atoms with Crippen LogP contribution in [0.15, 0.2) is 0 Å². The maximum Gasteiger partial charge on any atom is 0.216 e. The number of amides is 1. The van der Waals surface area contributed by atoms with E-state index in [1.165, 1.54) is 25.7 Å². The first kappa shape index (κ1) is 12.5. The Balaban J connectivity index is 2.33. The average Bonchev–Trinajstić information content (AvgIpc) is 2.63. The summed E-state index contributed by atoms with van der Waals surface area (Å²) in [6.07, 6.45) is 5.40. The van der Waals surface area contributed by atoms with Crippen LogP contribution >= 0.6 is 0 Å². The molecule has 1 fully saturated rings. The minimum absolute atomic E-state index is 0.0742. The molecule has 0 atom stereocenters. The first-order chi connectivity index (χ1) is 7.11. The summed E-state index contributed by atoms with van der Waals surface area (Å²) >= 11 is 0. The van der Waals surface area contributed by atoms with Gasteiger partial charge in [0.2, 0.25) is 5.91 Å². The van der Waals surface area contributed by atoms with Crippen LogP contribution in [0.3, 0.4) is 0 Å². The average molecular weight is 212 g/mol. The number of carbonyl (C=O) groups is 1. The zero-order chi connectivity index (χ0) is 11.3. The van der Waals surface area contributed by atoms with Crippen LogP contribution in [0.25, 0.3) is 0 Å². The largest absolute Gasteiger partial charge is 0.355 e. The van der Waals surface area contributed by atoms with E-state index in [9.17, 15) is 4.79 Å². The van der Waals surface area contributed by atoms with Crippen LogP contribution in [0.5, 0.6) is 0 Å². The summed E-state index contributed by atoms with van der Waals surface area (Å²) in [5.41, 5.74) is 0. The number of nitrogens with zero attached hydrogens (tertiary/aromatic N) is 1. The molecule has 1 aliphatic rings. The normalized spacial score (nSPS) is 17.7. The van der Waals surface area contributed by atoms with Gasteiger partial charge in [0.15, 0.2) is 0 Å². The quantitative estimate of drug-likeness (QED) is 0.753. The highest BCUT2D eigenvalue weighted by Gasteiger charge is 2.23. The molecule has 0 aliphatic heterocycles. The van der Waals surface area contributed by atoms with Crippen molar-refractivity contribution < 1.29 is 4.79 Å². The standard InChI is InChI=1S/C12H24N2O/c1-10(2)14(9-8-13-11(3)15)12-6-4-5-7-12/h10,12H,4-9H2,1-3H3,(H,13,15). The Kier molecular flexibility index (Phi) is 5.09. The van der Waals surface area contributed by atoms with Crippen molar-refractivity contribution in [2.45, 2.75) is 58.5 Å². The molecular formula is C12H24N2O. The minimum Gasteiger partial charge on any atom is -0.355 e. The third kappa shape index (κ3) is 4.20. The van der Waals surface area contributed by atoms with E-state index in [4.69, 9.17) is 0 Å². The fourth-order valence-corrected chi connectivity index (χ4v) is 2.46. The van der Waals surface area contributed by atoms with Crippen molar-refractivity contribution in [3.05, 3.63) is 0 Å². The van der Waals surface area contributed by atoms with E-state index < -0.39 is 0 Å². The molecule has 15 heavy (non-hydrogen) atoms. The molecule has 0 bridgehead atoms. The van der Waals surface area contributed by atoms with E-state index in [-0.39, 0.29) is 5.91 Å². The van der Waals surface area contributed by atoms with Crippen LogP contribution in [0.2, 0.25) is 0 Å². The van der Waals surface area contributed by atoms with Crippen LogP contribution in [-0.4, -0.2) is 36.0 Å². The molecule has 1 amide bonds. The molecular weight excluding hydrogens is 188 g/mol. The molecule has 3 heteroatoms. The number of rotatable bonds is 5. The summed E-state index contributed by atoms with van der Waals surface area (Å²) in [5.74, 6) is 0.0742. The van der Waals surface area contributed by atoms with Gasteiger partial charge in [-0.15, -0.1) is 0 Å². The van der Waals surface area contributed by atoms with Gasteiger partial charge in [0.1, 0.15) is 0 Å². The molecule has 0 spiro atoms. The van der Waals surface area contributed by atoms with Crippen LogP contribution < -0.4 is 5.32 Å². The van der Waals surface area contributed by atoms with Gasteiger partial charge in [-0.05, 0) is 26.7 Å². The highest BCUT2D eigenvalue weighted by atomic mass is 16.1. The maximum absolute atomic E-state index is 10.8. The van der Waals surface area contributed by atoms with Gasteiger partial charge in [0, 0.05) is 32.1 Å². The van der Waals surface area contributed by atoms with Crippen molar-refractivity contribution in [2.24, 2.45) is 0 Å². The summed E-state index contributed by atoms with van der Waals surface area (Å²) in [4.78, 5) is 13.3. The van der Waals surface area contributed by atoms with E-state index in [1.54, 1.807) is 6.92 Å². The van der Waals surface area contributed by atoms with Crippen LogP contribution in [0.1, 0.15) is 46.5 Å². The van der Waals surface area contributed by atoms with Crippen molar-refractivity contribution in [1.82, 2.24) is 10.2 Å². The monoisotopic (exact) mass is 212 g/mol. The van der Waals surface area contributed by atoms with E-state index in [0.717, 1.165) is 19.1 Å². The number of nitrogens with one attached hydrogen (secondary N) is 1. The molecule has 0 saturated heterocycles. The molecule has 1 N–H and O–H groups in total. The zero-order valence-electron chi connectivity index (χ0n) is 10.3. The Labute approximate surface area is 93.2 Å². The van der Waals surface area contributed by atoms with E-state index >= 15 is 0 Å². The number of hydrogen-bond donors (Lipinski definition) is 1. The van der Waals surface area contributed by atoms with Gasteiger partial charge in [-0.1, -0.05) is 12.8 Å². The van der Waals surface area contributed by atoms with Crippen molar-refractivity contribution >= 4 is 5.91 Å². The van der Waals surface area contributed by atoms with Crippen molar-refractivity contribution in [2.75, 3.05) is 13.1 Å². The smallest absolute Gasteiger partial charge is 0.216 e. The molecule has 1 aliphatic carbocycles. The highest BCUT2D eigenvalue weighted by molar-refractivity contribution is 5.72. The first-order valence-corrected chi connectivity index (χ1v) is 6.11. The fourth-order valence-electron chi connectivity index (χ4n) is 2.46. The van der Waals surface area contributed by atoms with Gasteiger partial charge in [0.05, 0.1) is 0 Å². The molecule has 1 saturated carbocycles. The second-order valence-electron chi connectivity index (χ2n) is 4.75. The second-order valence-corrected chi connectivity index (χ2v) is 4.75. The van der Waals surface area contributed by atoms with Gasteiger partial charge >= 0.3 is 0 Å². The molecule has 0 unspecified atom stereocenters. The molecule has 3 nitrogen and oxygen atoms in total. The Bertz CT molecular complexity index is 198.